The number of hydrogen-bond acceptors (Lipinski definition) is 1. The topological polar surface area (TPSA) is 12.0 Å². The van der Waals surface area contributed by atoms with Gasteiger partial charge >= 0.3 is 0 Å². The molecule has 1 nitrogen and oxygen atoms in total. The van der Waals surface area contributed by atoms with Gasteiger partial charge in [-0.2, -0.15) is 0 Å². The molecule has 1 N–H and O–H groups in total. The summed E-state index contributed by atoms with van der Waals surface area (Å²) < 4.78 is 0. The van der Waals surface area contributed by atoms with E-state index in [1.165, 1.54) is 45.1 Å². The maximum Gasteiger partial charge on any atom is 0.00490 e. The molecule has 0 rings (SSSR count). The zero-order chi connectivity index (χ0) is 9.78. The number of hydrogen-bond donors (Lipinski definition) is 1. The lowest BCUT2D eigenvalue weighted by molar-refractivity contribution is 0.571. The van der Waals surface area contributed by atoms with Crippen molar-refractivity contribution >= 4 is 12.6 Å². The van der Waals surface area contributed by atoms with Crippen molar-refractivity contribution in [3.8, 4) is 0 Å². The highest BCUT2D eigenvalue weighted by Crippen LogP contribution is 2.03. The van der Waals surface area contributed by atoms with Gasteiger partial charge in [-0.3, -0.25) is 0 Å². The van der Waals surface area contributed by atoms with Gasteiger partial charge in [0.2, 0.25) is 0 Å². The van der Waals surface area contributed by atoms with Crippen LogP contribution in [0.15, 0.2) is 0 Å². The smallest absolute Gasteiger partial charge is 0.00490 e. The Bertz CT molecular complexity index is 76.2. The van der Waals surface area contributed by atoms with Crippen molar-refractivity contribution < 1.29 is 0 Å². The van der Waals surface area contributed by atoms with Gasteiger partial charge in [-0.15, -0.1) is 0 Å². The standard InChI is InChI=1S/C11H24NS/c1-2-3-4-5-6-7-9-12-10-8-11-13/h12H,2-11H2,1H3. The van der Waals surface area contributed by atoms with Gasteiger partial charge in [-0.1, -0.05) is 51.7 Å². The first-order chi connectivity index (χ1) is 6.41. The average Bonchev–Trinajstić information content (AvgIpc) is 2.16. The van der Waals surface area contributed by atoms with Gasteiger partial charge < -0.3 is 5.32 Å². The summed E-state index contributed by atoms with van der Waals surface area (Å²) in [5.41, 5.74) is 0. The van der Waals surface area contributed by atoms with Crippen molar-refractivity contribution in [2.45, 2.75) is 51.9 Å². The molecule has 2 heteroatoms. The normalized spacial score (nSPS) is 10.6. The summed E-state index contributed by atoms with van der Waals surface area (Å²) in [7, 11) is 0. The van der Waals surface area contributed by atoms with Crippen LogP contribution in [0.25, 0.3) is 0 Å². The van der Waals surface area contributed by atoms with Crippen LogP contribution in [0.3, 0.4) is 0 Å². The van der Waals surface area contributed by atoms with Crippen LogP contribution in [0.5, 0.6) is 0 Å². The van der Waals surface area contributed by atoms with Crippen molar-refractivity contribution in [3.05, 3.63) is 0 Å². The molecule has 0 aliphatic rings. The van der Waals surface area contributed by atoms with E-state index in [0.29, 0.717) is 0 Å². The monoisotopic (exact) mass is 202 g/mol. The molecule has 0 fully saturated rings. The molecule has 0 spiro atoms. The van der Waals surface area contributed by atoms with E-state index in [9.17, 15) is 0 Å². The molecule has 0 aliphatic carbocycles. The van der Waals surface area contributed by atoms with Crippen LogP contribution in [-0.4, -0.2) is 18.8 Å². The van der Waals surface area contributed by atoms with Crippen molar-refractivity contribution in [1.82, 2.24) is 5.32 Å². The summed E-state index contributed by atoms with van der Waals surface area (Å²) in [6.45, 7) is 4.55. The molecular formula is C11H24NS. The van der Waals surface area contributed by atoms with Crippen LogP contribution in [0.1, 0.15) is 51.9 Å². The maximum atomic E-state index is 4.86. The molecule has 0 aliphatic heterocycles. The number of unbranched alkanes of at least 4 members (excludes halogenated alkanes) is 5. The first-order valence-corrected chi connectivity index (χ1v) is 6.28. The van der Waals surface area contributed by atoms with E-state index in [4.69, 9.17) is 12.6 Å². The molecule has 0 aromatic rings. The molecule has 0 saturated heterocycles. The van der Waals surface area contributed by atoms with Gasteiger partial charge in [-0.25, -0.2) is 0 Å². The lowest BCUT2D eigenvalue weighted by Gasteiger charge is -2.02. The summed E-state index contributed by atoms with van der Waals surface area (Å²) in [4.78, 5) is 0. The Labute approximate surface area is 89.1 Å². The maximum absolute atomic E-state index is 4.86. The second-order valence-electron chi connectivity index (χ2n) is 3.58. The largest absolute Gasteiger partial charge is 0.317 e. The van der Waals surface area contributed by atoms with Crippen LogP contribution in [0.2, 0.25) is 0 Å². The number of rotatable bonds is 10. The molecule has 0 aromatic heterocycles. The Hall–Kier alpha value is 0.310. The highest BCUT2D eigenvalue weighted by molar-refractivity contribution is 7.80. The van der Waals surface area contributed by atoms with E-state index in [1.807, 2.05) is 0 Å². The second-order valence-corrected chi connectivity index (χ2v) is 3.98. The van der Waals surface area contributed by atoms with Crippen LogP contribution >= 0.6 is 12.6 Å². The first-order valence-electron chi connectivity index (χ1n) is 5.70. The Kier molecular flexibility index (Phi) is 12.6. The third-order valence-electron chi connectivity index (χ3n) is 2.20. The predicted octanol–water partition coefficient (Wildman–Crippen LogP) is 3.52. The molecule has 0 saturated carbocycles. The van der Waals surface area contributed by atoms with Crippen LogP contribution in [0.4, 0.5) is 0 Å². The molecular weight excluding hydrogens is 178 g/mol. The second kappa shape index (κ2) is 12.3. The highest BCUT2D eigenvalue weighted by Gasteiger charge is 1.89. The Morgan fingerprint density at radius 1 is 0.846 bits per heavy atom. The minimum atomic E-state index is 0.892. The SMILES string of the molecule is CCCCCCCCNCCC[S]. The molecule has 79 valence electrons. The van der Waals surface area contributed by atoms with Gasteiger partial charge in [0.05, 0.1) is 0 Å². The van der Waals surface area contributed by atoms with Gasteiger partial charge in [0.1, 0.15) is 0 Å². The van der Waals surface area contributed by atoms with Gasteiger partial charge in [-0.05, 0) is 25.9 Å². The quantitative estimate of drug-likeness (QED) is 0.534. The fraction of sp³-hybridized carbons (Fsp3) is 1.00. The van der Waals surface area contributed by atoms with Gasteiger partial charge in [0.25, 0.3) is 0 Å². The van der Waals surface area contributed by atoms with E-state index in [-0.39, 0.29) is 0 Å². The van der Waals surface area contributed by atoms with Crippen molar-refractivity contribution in [1.29, 1.82) is 0 Å². The van der Waals surface area contributed by atoms with E-state index >= 15 is 0 Å². The fourth-order valence-corrected chi connectivity index (χ4v) is 1.50. The molecule has 13 heavy (non-hydrogen) atoms. The summed E-state index contributed by atoms with van der Waals surface area (Å²) >= 11 is 4.86. The van der Waals surface area contributed by atoms with E-state index < -0.39 is 0 Å². The predicted molar refractivity (Wildman–Crippen MR) is 63.3 cm³/mol. The van der Waals surface area contributed by atoms with Crippen LogP contribution in [-0.2, 0) is 0 Å². The summed E-state index contributed by atoms with van der Waals surface area (Å²) in [6, 6.07) is 0. The lowest BCUT2D eigenvalue weighted by Crippen LogP contribution is -2.16. The molecule has 0 bridgehead atoms. The Morgan fingerprint density at radius 2 is 1.46 bits per heavy atom. The molecule has 0 unspecified atom stereocenters. The van der Waals surface area contributed by atoms with E-state index in [0.717, 1.165) is 18.7 Å². The minimum absolute atomic E-state index is 0.892. The summed E-state index contributed by atoms with van der Waals surface area (Å²) in [5.74, 6) is 0.892. The van der Waals surface area contributed by atoms with E-state index in [1.54, 1.807) is 0 Å². The minimum Gasteiger partial charge on any atom is -0.317 e. The molecule has 0 aromatic carbocycles. The average molecular weight is 202 g/mol. The number of nitrogens with one attached hydrogen (secondary N) is 1. The zero-order valence-electron chi connectivity index (χ0n) is 8.98. The van der Waals surface area contributed by atoms with Crippen LogP contribution < -0.4 is 5.32 Å². The third-order valence-corrected chi connectivity index (χ3v) is 2.49. The fourth-order valence-electron chi connectivity index (χ4n) is 1.35. The summed E-state index contributed by atoms with van der Waals surface area (Å²) in [6.07, 6.45) is 9.45. The molecule has 0 heterocycles. The van der Waals surface area contributed by atoms with Crippen LogP contribution in [0, 0.1) is 0 Å². The highest BCUT2D eigenvalue weighted by atomic mass is 32.1. The van der Waals surface area contributed by atoms with Crippen molar-refractivity contribution in [2.75, 3.05) is 18.8 Å². The van der Waals surface area contributed by atoms with Gasteiger partial charge in [0.15, 0.2) is 0 Å². The van der Waals surface area contributed by atoms with E-state index in [2.05, 4.69) is 12.2 Å². The third kappa shape index (κ3) is 12.3. The van der Waals surface area contributed by atoms with Crippen molar-refractivity contribution in [3.63, 3.8) is 0 Å². The molecule has 1 radical (unpaired) electrons. The lowest BCUT2D eigenvalue weighted by atomic mass is 10.1. The Morgan fingerprint density at radius 3 is 2.15 bits per heavy atom. The van der Waals surface area contributed by atoms with Crippen molar-refractivity contribution in [2.24, 2.45) is 0 Å². The zero-order valence-corrected chi connectivity index (χ0v) is 9.80. The molecule has 0 amide bonds. The van der Waals surface area contributed by atoms with Gasteiger partial charge in [0, 0.05) is 5.75 Å². The first kappa shape index (κ1) is 13.3. The molecule has 0 atom stereocenters. The Balaban J connectivity index is 2.76. The summed E-state index contributed by atoms with van der Waals surface area (Å²) in [5, 5.41) is 3.41.